The Balaban J connectivity index is 2.03. The third-order valence-corrected chi connectivity index (χ3v) is 3.06. The minimum Gasteiger partial charge on any atom is -0.338 e. The first-order chi connectivity index (χ1) is 7.16. The summed E-state index contributed by atoms with van der Waals surface area (Å²) in [5.41, 5.74) is 2.49. The molecule has 1 amide bonds. The lowest BCUT2D eigenvalue weighted by molar-refractivity contribution is -0.131. The summed E-state index contributed by atoms with van der Waals surface area (Å²) in [6.45, 7) is 5.77. The largest absolute Gasteiger partial charge is 0.338 e. The molecule has 0 bridgehead atoms. The van der Waals surface area contributed by atoms with E-state index in [9.17, 15) is 4.79 Å². The molecule has 1 aromatic rings. The Morgan fingerprint density at radius 2 is 2.00 bits per heavy atom. The van der Waals surface area contributed by atoms with Crippen molar-refractivity contribution in [3.05, 3.63) is 35.4 Å². The highest BCUT2D eigenvalue weighted by atomic mass is 16.2. The van der Waals surface area contributed by atoms with Crippen LogP contribution in [0.1, 0.15) is 24.5 Å². The topological polar surface area (TPSA) is 20.3 Å². The molecule has 1 aromatic carbocycles. The van der Waals surface area contributed by atoms with Crippen molar-refractivity contribution in [1.29, 1.82) is 0 Å². The Morgan fingerprint density at radius 3 is 2.53 bits per heavy atom. The number of benzene rings is 1. The summed E-state index contributed by atoms with van der Waals surface area (Å²) in [6, 6.07) is 8.40. The van der Waals surface area contributed by atoms with Crippen LogP contribution in [-0.2, 0) is 11.3 Å². The average Bonchev–Trinajstić information content (AvgIpc) is 2.53. The summed E-state index contributed by atoms with van der Waals surface area (Å²) in [5.74, 6) is 0.519. The molecule has 0 spiro atoms. The van der Waals surface area contributed by atoms with Gasteiger partial charge in [-0.05, 0) is 18.9 Å². The SMILES string of the molecule is Cc1ccc(CN2CC[C@H](C)C2=O)cc1. The van der Waals surface area contributed by atoms with Crippen molar-refractivity contribution in [2.24, 2.45) is 5.92 Å². The molecule has 1 fully saturated rings. The fourth-order valence-electron chi connectivity index (χ4n) is 1.97. The average molecular weight is 203 g/mol. The zero-order valence-electron chi connectivity index (χ0n) is 9.36. The van der Waals surface area contributed by atoms with Crippen molar-refractivity contribution in [1.82, 2.24) is 4.90 Å². The van der Waals surface area contributed by atoms with Crippen LogP contribution >= 0.6 is 0 Å². The highest BCUT2D eigenvalue weighted by Crippen LogP contribution is 2.19. The molecule has 2 rings (SSSR count). The van der Waals surface area contributed by atoms with E-state index in [4.69, 9.17) is 0 Å². The van der Waals surface area contributed by atoms with Crippen LogP contribution < -0.4 is 0 Å². The van der Waals surface area contributed by atoms with Crippen molar-refractivity contribution in [3.63, 3.8) is 0 Å². The van der Waals surface area contributed by atoms with Crippen molar-refractivity contribution in [2.45, 2.75) is 26.8 Å². The standard InChI is InChI=1S/C13H17NO/c1-10-3-5-12(6-4-10)9-14-8-7-11(2)13(14)15/h3-6,11H,7-9H2,1-2H3/t11-/m0/s1. The monoisotopic (exact) mass is 203 g/mol. The Hall–Kier alpha value is -1.31. The van der Waals surface area contributed by atoms with Gasteiger partial charge >= 0.3 is 0 Å². The maximum absolute atomic E-state index is 11.7. The van der Waals surface area contributed by atoms with E-state index in [1.54, 1.807) is 0 Å². The summed E-state index contributed by atoms with van der Waals surface area (Å²) in [6.07, 6.45) is 1.00. The Labute approximate surface area is 90.9 Å². The van der Waals surface area contributed by atoms with Gasteiger partial charge in [0.1, 0.15) is 0 Å². The molecule has 0 aromatic heterocycles. The van der Waals surface area contributed by atoms with Crippen LogP contribution in [0.15, 0.2) is 24.3 Å². The molecule has 0 unspecified atom stereocenters. The number of nitrogens with zero attached hydrogens (tertiary/aromatic N) is 1. The zero-order valence-corrected chi connectivity index (χ0v) is 9.36. The third kappa shape index (κ3) is 2.20. The fraction of sp³-hybridized carbons (Fsp3) is 0.462. The van der Waals surface area contributed by atoms with E-state index >= 15 is 0 Å². The van der Waals surface area contributed by atoms with Gasteiger partial charge in [-0.1, -0.05) is 36.8 Å². The molecule has 15 heavy (non-hydrogen) atoms. The lowest BCUT2D eigenvalue weighted by atomic mass is 10.1. The van der Waals surface area contributed by atoms with Crippen LogP contribution in [0.25, 0.3) is 0 Å². The minimum atomic E-state index is 0.218. The molecular weight excluding hydrogens is 186 g/mol. The first-order valence-electron chi connectivity index (χ1n) is 5.51. The summed E-state index contributed by atoms with van der Waals surface area (Å²) in [4.78, 5) is 13.7. The van der Waals surface area contributed by atoms with E-state index < -0.39 is 0 Å². The molecule has 0 aliphatic carbocycles. The predicted octanol–water partition coefficient (Wildman–Crippen LogP) is 2.36. The van der Waals surface area contributed by atoms with Gasteiger partial charge in [-0.25, -0.2) is 0 Å². The van der Waals surface area contributed by atoms with Crippen molar-refractivity contribution in [2.75, 3.05) is 6.54 Å². The summed E-state index contributed by atoms with van der Waals surface area (Å²) in [7, 11) is 0. The van der Waals surface area contributed by atoms with E-state index in [0.29, 0.717) is 5.91 Å². The molecule has 2 heteroatoms. The van der Waals surface area contributed by atoms with Gasteiger partial charge in [-0.15, -0.1) is 0 Å². The molecule has 0 N–H and O–H groups in total. The van der Waals surface area contributed by atoms with Gasteiger partial charge in [0.25, 0.3) is 0 Å². The van der Waals surface area contributed by atoms with Gasteiger partial charge < -0.3 is 4.90 Å². The van der Waals surface area contributed by atoms with Crippen molar-refractivity contribution in [3.8, 4) is 0 Å². The fourth-order valence-corrected chi connectivity index (χ4v) is 1.97. The molecule has 1 heterocycles. The van der Waals surface area contributed by atoms with Gasteiger partial charge in [0.05, 0.1) is 0 Å². The second-order valence-electron chi connectivity index (χ2n) is 4.44. The normalized spacial score (nSPS) is 21.1. The Bertz CT molecular complexity index is 355. The molecule has 1 aliphatic heterocycles. The molecule has 0 saturated carbocycles. The lowest BCUT2D eigenvalue weighted by Gasteiger charge is -2.16. The number of hydrogen-bond donors (Lipinski definition) is 0. The molecular formula is C13H17NO. The van der Waals surface area contributed by atoms with Crippen LogP contribution in [0.2, 0.25) is 0 Å². The number of amides is 1. The first-order valence-corrected chi connectivity index (χ1v) is 5.51. The predicted molar refractivity (Wildman–Crippen MR) is 60.4 cm³/mol. The van der Waals surface area contributed by atoms with E-state index in [0.717, 1.165) is 19.5 Å². The van der Waals surface area contributed by atoms with E-state index in [1.165, 1.54) is 11.1 Å². The molecule has 1 saturated heterocycles. The molecule has 1 aliphatic rings. The number of aryl methyl sites for hydroxylation is 1. The smallest absolute Gasteiger partial charge is 0.225 e. The molecule has 1 atom stereocenters. The van der Waals surface area contributed by atoms with Crippen LogP contribution in [-0.4, -0.2) is 17.4 Å². The number of rotatable bonds is 2. The minimum absolute atomic E-state index is 0.218. The summed E-state index contributed by atoms with van der Waals surface area (Å²) in [5, 5.41) is 0. The Kier molecular flexibility index (Phi) is 2.76. The lowest BCUT2D eigenvalue weighted by Crippen LogP contribution is -2.26. The van der Waals surface area contributed by atoms with E-state index in [1.807, 2.05) is 11.8 Å². The van der Waals surface area contributed by atoms with Gasteiger partial charge in [-0.3, -0.25) is 4.79 Å². The van der Waals surface area contributed by atoms with E-state index in [2.05, 4.69) is 31.2 Å². The first kappa shape index (κ1) is 10.2. The molecule has 0 radical (unpaired) electrons. The van der Waals surface area contributed by atoms with Gasteiger partial charge in [0.15, 0.2) is 0 Å². The third-order valence-electron chi connectivity index (χ3n) is 3.06. The Morgan fingerprint density at radius 1 is 1.33 bits per heavy atom. The maximum Gasteiger partial charge on any atom is 0.225 e. The van der Waals surface area contributed by atoms with Gasteiger partial charge in [0, 0.05) is 19.0 Å². The second kappa shape index (κ2) is 4.05. The van der Waals surface area contributed by atoms with Crippen LogP contribution in [0, 0.1) is 12.8 Å². The number of carbonyl (C=O) groups excluding carboxylic acids is 1. The van der Waals surface area contributed by atoms with Crippen molar-refractivity contribution < 1.29 is 4.79 Å². The summed E-state index contributed by atoms with van der Waals surface area (Å²) >= 11 is 0. The maximum atomic E-state index is 11.7. The molecule has 80 valence electrons. The number of likely N-dealkylation sites (tertiary alicyclic amines) is 1. The molecule has 2 nitrogen and oxygen atoms in total. The highest BCUT2D eigenvalue weighted by molar-refractivity contribution is 5.80. The van der Waals surface area contributed by atoms with E-state index in [-0.39, 0.29) is 5.92 Å². The highest BCUT2D eigenvalue weighted by Gasteiger charge is 2.27. The van der Waals surface area contributed by atoms with Crippen LogP contribution in [0.3, 0.4) is 0 Å². The van der Waals surface area contributed by atoms with Gasteiger partial charge in [-0.2, -0.15) is 0 Å². The summed E-state index contributed by atoms with van der Waals surface area (Å²) < 4.78 is 0. The number of hydrogen-bond acceptors (Lipinski definition) is 1. The van der Waals surface area contributed by atoms with Crippen LogP contribution in [0.5, 0.6) is 0 Å². The quantitative estimate of drug-likeness (QED) is 0.722. The van der Waals surface area contributed by atoms with Crippen molar-refractivity contribution >= 4 is 5.91 Å². The van der Waals surface area contributed by atoms with Crippen LogP contribution in [0.4, 0.5) is 0 Å². The number of carbonyl (C=O) groups is 1. The zero-order chi connectivity index (χ0) is 10.8. The second-order valence-corrected chi connectivity index (χ2v) is 4.44. The van der Waals surface area contributed by atoms with Gasteiger partial charge in [0.2, 0.25) is 5.91 Å².